The molecule has 1 aromatic rings. The zero-order chi connectivity index (χ0) is 14.8. The Balaban J connectivity index is 0.00000176. The van der Waals surface area contributed by atoms with Gasteiger partial charge in [-0.3, -0.25) is 14.9 Å². The highest BCUT2D eigenvalue weighted by Crippen LogP contribution is 2.27. The highest BCUT2D eigenvalue weighted by molar-refractivity contribution is 5.94. The number of amides is 1. The third-order valence-electron chi connectivity index (χ3n) is 4.63. The van der Waals surface area contributed by atoms with Gasteiger partial charge in [-0.25, -0.2) is 0 Å². The van der Waals surface area contributed by atoms with Gasteiger partial charge in [0.05, 0.1) is 4.92 Å². The molecular weight excluding hydrogens is 306 g/mol. The lowest BCUT2D eigenvalue weighted by atomic mass is 9.92. The van der Waals surface area contributed by atoms with Crippen molar-refractivity contribution in [1.82, 2.24) is 10.2 Å². The van der Waals surface area contributed by atoms with E-state index < -0.39 is 4.92 Å². The Kier molecular flexibility index (Phi) is 5.37. The number of hydrogen-bond acceptors (Lipinski definition) is 4. The maximum atomic E-state index is 12.5. The van der Waals surface area contributed by atoms with Gasteiger partial charge in [-0.05, 0) is 49.9 Å². The molecule has 0 aliphatic carbocycles. The number of carbonyl (C=O) groups excluding carboxylic acids is 1. The zero-order valence-corrected chi connectivity index (χ0v) is 13.1. The van der Waals surface area contributed by atoms with Crippen molar-refractivity contribution >= 4 is 24.0 Å². The minimum atomic E-state index is -0.450. The second-order valence-electron chi connectivity index (χ2n) is 5.85. The van der Waals surface area contributed by atoms with E-state index in [0.717, 1.165) is 39.0 Å². The van der Waals surface area contributed by atoms with Crippen molar-refractivity contribution in [3.63, 3.8) is 0 Å². The molecule has 0 bridgehead atoms. The molecule has 6 nitrogen and oxygen atoms in total. The van der Waals surface area contributed by atoms with Crippen LogP contribution >= 0.6 is 12.4 Å². The predicted molar refractivity (Wildman–Crippen MR) is 85.3 cm³/mol. The van der Waals surface area contributed by atoms with Gasteiger partial charge < -0.3 is 10.2 Å². The van der Waals surface area contributed by atoms with Crippen LogP contribution in [0.15, 0.2) is 24.3 Å². The molecule has 0 spiro atoms. The fourth-order valence-electron chi connectivity index (χ4n) is 3.33. The van der Waals surface area contributed by atoms with Crippen molar-refractivity contribution in [2.75, 3.05) is 26.2 Å². The number of carbonyl (C=O) groups is 1. The Morgan fingerprint density at radius 2 is 1.68 bits per heavy atom. The summed E-state index contributed by atoms with van der Waals surface area (Å²) in [6.45, 7) is 3.67. The number of rotatable bonds is 2. The Labute approximate surface area is 135 Å². The first-order chi connectivity index (χ1) is 10.1. The van der Waals surface area contributed by atoms with Crippen molar-refractivity contribution in [3.8, 4) is 0 Å². The molecule has 2 heterocycles. The smallest absolute Gasteiger partial charge is 0.269 e. The molecule has 2 fully saturated rings. The molecule has 2 atom stereocenters. The highest BCUT2D eigenvalue weighted by atomic mass is 35.5. The standard InChI is InChI=1S/C15H19N3O3.ClH/c19-15(11-1-3-14(4-2-11)18(20)21)17-7-5-12-9-16-10-13(12)6-8-17;/h1-4,12-13,16H,5-10H2;1H/t12-,13+;. The fraction of sp³-hybridized carbons (Fsp3) is 0.533. The molecule has 1 N–H and O–H groups in total. The Morgan fingerprint density at radius 1 is 1.14 bits per heavy atom. The number of nitro benzene ring substituents is 1. The molecule has 2 aliphatic rings. The van der Waals surface area contributed by atoms with Gasteiger partial charge in [-0.1, -0.05) is 0 Å². The van der Waals surface area contributed by atoms with Crippen LogP contribution < -0.4 is 5.32 Å². The zero-order valence-electron chi connectivity index (χ0n) is 12.2. The monoisotopic (exact) mass is 325 g/mol. The molecule has 0 unspecified atom stereocenters. The summed E-state index contributed by atoms with van der Waals surface area (Å²) >= 11 is 0. The van der Waals surface area contributed by atoms with Crippen molar-refractivity contribution in [1.29, 1.82) is 0 Å². The van der Waals surface area contributed by atoms with Gasteiger partial charge in [-0.15, -0.1) is 12.4 Å². The number of benzene rings is 1. The number of nitrogens with one attached hydrogen (secondary N) is 1. The second kappa shape index (κ2) is 7.07. The lowest BCUT2D eigenvalue weighted by molar-refractivity contribution is -0.384. The topological polar surface area (TPSA) is 75.5 Å². The van der Waals surface area contributed by atoms with E-state index in [1.54, 1.807) is 12.1 Å². The SMILES string of the molecule is Cl.O=C(c1ccc([N+](=O)[O-])cc1)N1CC[C@@H]2CNC[C@@H]2CC1. The lowest BCUT2D eigenvalue weighted by Crippen LogP contribution is -2.32. The molecule has 1 aromatic carbocycles. The number of likely N-dealkylation sites (tertiary alicyclic amines) is 1. The molecule has 0 radical (unpaired) electrons. The minimum Gasteiger partial charge on any atom is -0.339 e. The summed E-state index contributed by atoms with van der Waals surface area (Å²) in [4.78, 5) is 24.6. The number of hydrogen-bond donors (Lipinski definition) is 1. The maximum Gasteiger partial charge on any atom is 0.269 e. The summed E-state index contributed by atoms with van der Waals surface area (Å²) in [5, 5.41) is 14.1. The van der Waals surface area contributed by atoms with Crippen LogP contribution in [0.1, 0.15) is 23.2 Å². The van der Waals surface area contributed by atoms with Crippen LogP contribution in [0.5, 0.6) is 0 Å². The van der Waals surface area contributed by atoms with Crippen molar-refractivity contribution in [2.45, 2.75) is 12.8 Å². The van der Waals surface area contributed by atoms with Gasteiger partial charge in [0.25, 0.3) is 11.6 Å². The Bertz CT molecular complexity index is 535. The van der Waals surface area contributed by atoms with Gasteiger partial charge in [0.15, 0.2) is 0 Å². The normalized spacial score (nSPS) is 24.1. The average Bonchev–Trinajstić information content (AvgIpc) is 2.85. The lowest BCUT2D eigenvalue weighted by Gasteiger charge is -2.20. The molecule has 0 aromatic heterocycles. The third-order valence-corrected chi connectivity index (χ3v) is 4.63. The number of nitro groups is 1. The summed E-state index contributed by atoms with van der Waals surface area (Å²) < 4.78 is 0. The summed E-state index contributed by atoms with van der Waals surface area (Å²) in [6, 6.07) is 5.88. The first-order valence-electron chi connectivity index (χ1n) is 7.39. The molecule has 7 heteroatoms. The van der Waals surface area contributed by atoms with E-state index in [4.69, 9.17) is 0 Å². The fourth-order valence-corrected chi connectivity index (χ4v) is 3.33. The summed E-state index contributed by atoms with van der Waals surface area (Å²) in [5.74, 6) is 1.34. The Hall–Kier alpha value is -1.66. The van der Waals surface area contributed by atoms with Gasteiger partial charge in [0.1, 0.15) is 0 Å². The summed E-state index contributed by atoms with van der Waals surface area (Å²) in [7, 11) is 0. The van der Waals surface area contributed by atoms with Crippen LogP contribution in [0.4, 0.5) is 5.69 Å². The van der Waals surface area contributed by atoms with E-state index in [2.05, 4.69) is 5.32 Å². The van der Waals surface area contributed by atoms with Crippen LogP contribution in [-0.2, 0) is 0 Å². The third kappa shape index (κ3) is 3.39. The van der Waals surface area contributed by atoms with E-state index in [0.29, 0.717) is 17.4 Å². The molecular formula is C15H20ClN3O3. The van der Waals surface area contributed by atoms with Crippen LogP contribution in [0.3, 0.4) is 0 Å². The molecule has 2 aliphatic heterocycles. The van der Waals surface area contributed by atoms with Gasteiger partial charge >= 0.3 is 0 Å². The van der Waals surface area contributed by atoms with Gasteiger partial charge in [-0.2, -0.15) is 0 Å². The number of fused-ring (bicyclic) bond motifs is 1. The maximum absolute atomic E-state index is 12.5. The number of halogens is 1. The van der Waals surface area contributed by atoms with Crippen LogP contribution in [-0.4, -0.2) is 41.9 Å². The minimum absolute atomic E-state index is 0. The van der Waals surface area contributed by atoms with Crippen molar-refractivity contribution < 1.29 is 9.72 Å². The molecule has 120 valence electrons. The first-order valence-corrected chi connectivity index (χ1v) is 7.39. The molecule has 0 saturated carbocycles. The second-order valence-corrected chi connectivity index (χ2v) is 5.85. The molecule has 22 heavy (non-hydrogen) atoms. The number of nitrogens with zero attached hydrogens (tertiary/aromatic N) is 2. The molecule has 2 saturated heterocycles. The van der Waals surface area contributed by atoms with E-state index in [1.807, 2.05) is 4.90 Å². The Morgan fingerprint density at radius 3 is 2.18 bits per heavy atom. The van der Waals surface area contributed by atoms with Gasteiger partial charge in [0, 0.05) is 30.8 Å². The number of non-ortho nitro benzene ring substituents is 1. The average molecular weight is 326 g/mol. The quantitative estimate of drug-likeness (QED) is 0.667. The van der Waals surface area contributed by atoms with Gasteiger partial charge in [0.2, 0.25) is 0 Å². The van der Waals surface area contributed by atoms with Crippen LogP contribution in [0, 0.1) is 22.0 Å². The largest absolute Gasteiger partial charge is 0.339 e. The summed E-state index contributed by atoms with van der Waals surface area (Å²) in [6.07, 6.45) is 2.08. The molecule has 3 rings (SSSR count). The predicted octanol–water partition coefficient (Wildman–Crippen LogP) is 2.09. The van der Waals surface area contributed by atoms with E-state index in [1.165, 1.54) is 12.1 Å². The first kappa shape index (κ1) is 16.7. The van der Waals surface area contributed by atoms with E-state index in [9.17, 15) is 14.9 Å². The highest BCUT2D eigenvalue weighted by Gasteiger charge is 2.31. The summed E-state index contributed by atoms with van der Waals surface area (Å²) in [5.41, 5.74) is 0.550. The van der Waals surface area contributed by atoms with Crippen molar-refractivity contribution in [2.24, 2.45) is 11.8 Å². The van der Waals surface area contributed by atoms with Crippen LogP contribution in [0.25, 0.3) is 0 Å². The molecule has 1 amide bonds. The van der Waals surface area contributed by atoms with Crippen LogP contribution in [0.2, 0.25) is 0 Å². The van der Waals surface area contributed by atoms with E-state index in [-0.39, 0.29) is 24.0 Å². The van der Waals surface area contributed by atoms with Crippen molar-refractivity contribution in [3.05, 3.63) is 39.9 Å². The van der Waals surface area contributed by atoms with E-state index >= 15 is 0 Å².